The number of urea groups is 1. The van der Waals surface area contributed by atoms with Crippen molar-refractivity contribution in [3.05, 3.63) is 52.7 Å². The molecule has 0 bridgehead atoms. The predicted octanol–water partition coefficient (Wildman–Crippen LogP) is 3.04. The monoisotopic (exact) mass is 367 g/mol. The van der Waals surface area contributed by atoms with Crippen LogP contribution in [-0.4, -0.2) is 37.0 Å². The molecule has 2 aliphatic heterocycles. The third kappa shape index (κ3) is 3.56. The van der Waals surface area contributed by atoms with E-state index < -0.39 is 6.04 Å². The zero-order valence-electron chi connectivity index (χ0n) is 15.6. The molecule has 0 saturated carbocycles. The highest BCUT2D eigenvalue weighted by atomic mass is 16.5. The molecule has 3 aliphatic rings. The molecule has 6 nitrogen and oxygen atoms in total. The Morgan fingerprint density at radius 3 is 2.70 bits per heavy atom. The fourth-order valence-corrected chi connectivity index (χ4v) is 4.07. The number of methoxy groups -OCH3 is 1. The summed E-state index contributed by atoms with van der Waals surface area (Å²) in [4.78, 5) is 27.0. The second-order valence-electron chi connectivity index (χ2n) is 7.28. The molecule has 0 aromatic heterocycles. The highest BCUT2D eigenvalue weighted by Crippen LogP contribution is 2.33. The summed E-state index contributed by atoms with van der Waals surface area (Å²) in [6.07, 6.45) is 8.04. The van der Waals surface area contributed by atoms with E-state index in [1.54, 1.807) is 7.11 Å². The van der Waals surface area contributed by atoms with Crippen LogP contribution < -0.4 is 15.4 Å². The van der Waals surface area contributed by atoms with Crippen molar-refractivity contribution in [2.24, 2.45) is 0 Å². The number of rotatable bonds is 5. The van der Waals surface area contributed by atoms with Crippen molar-refractivity contribution in [3.8, 4) is 5.75 Å². The molecule has 0 radical (unpaired) electrons. The lowest BCUT2D eigenvalue weighted by Gasteiger charge is -2.25. The number of allylic oxidation sites excluding steroid dienone is 1. The van der Waals surface area contributed by atoms with E-state index in [1.807, 2.05) is 29.2 Å². The van der Waals surface area contributed by atoms with Gasteiger partial charge < -0.3 is 20.3 Å². The van der Waals surface area contributed by atoms with Crippen molar-refractivity contribution in [1.29, 1.82) is 0 Å². The van der Waals surface area contributed by atoms with Gasteiger partial charge in [-0.2, -0.15) is 0 Å². The van der Waals surface area contributed by atoms with Crippen LogP contribution in [0, 0.1) is 0 Å². The quantitative estimate of drug-likeness (QED) is 0.786. The van der Waals surface area contributed by atoms with Gasteiger partial charge in [0.2, 0.25) is 0 Å². The molecule has 1 aromatic carbocycles. The first-order chi connectivity index (χ1) is 13.2. The van der Waals surface area contributed by atoms with E-state index in [1.165, 1.54) is 18.4 Å². The van der Waals surface area contributed by atoms with Crippen LogP contribution in [0.3, 0.4) is 0 Å². The third-order valence-corrected chi connectivity index (χ3v) is 5.56. The van der Waals surface area contributed by atoms with Crippen LogP contribution >= 0.6 is 0 Å². The minimum Gasteiger partial charge on any atom is -0.497 e. The van der Waals surface area contributed by atoms with Crippen molar-refractivity contribution < 1.29 is 14.3 Å². The molecule has 0 unspecified atom stereocenters. The van der Waals surface area contributed by atoms with Crippen LogP contribution in [0.1, 0.15) is 43.7 Å². The molecule has 6 heteroatoms. The largest absolute Gasteiger partial charge is 0.497 e. The van der Waals surface area contributed by atoms with Gasteiger partial charge in [-0.15, -0.1) is 0 Å². The van der Waals surface area contributed by atoms with Crippen LogP contribution in [0.5, 0.6) is 5.75 Å². The molecule has 1 aliphatic carbocycles. The maximum absolute atomic E-state index is 13.1. The van der Waals surface area contributed by atoms with Gasteiger partial charge in [0, 0.05) is 6.54 Å². The van der Waals surface area contributed by atoms with Crippen LogP contribution in [0.4, 0.5) is 4.79 Å². The van der Waals surface area contributed by atoms with Crippen LogP contribution in [-0.2, 0) is 4.79 Å². The van der Waals surface area contributed by atoms with Crippen molar-refractivity contribution in [2.75, 3.05) is 20.2 Å². The molecule has 2 N–H and O–H groups in total. The number of hydrogen-bond acceptors (Lipinski definition) is 3. The minimum absolute atomic E-state index is 0.00901. The van der Waals surface area contributed by atoms with Gasteiger partial charge in [0.25, 0.3) is 5.91 Å². The maximum atomic E-state index is 13.1. The molecule has 27 heavy (non-hydrogen) atoms. The smallest absolute Gasteiger partial charge is 0.319 e. The second-order valence-corrected chi connectivity index (χ2v) is 7.28. The first kappa shape index (κ1) is 17.6. The number of ether oxygens (including phenoxy) is 1. The zero-order valence-corrected chi connectivity index (χ0v) is 15.6. The third-order valence-electron chi connectivity index (χ3n) is 5.56. The van der Waals surface area contributed by atoms with Crippen molar-refractivity contribution in [3.63, 3.8) is 0 Å². The Bertz CT molecular complexity index is 810. The standard InChI is InChI=1S/C21H25N3O3/c1-27-16-9-7-15(8-10-16)19-18-17(22-21(26)23-19)13-24(20(18)25)12-11-14-5-3-2-4-6-14/h5,7-10,19H,2-4,6,11-13H2,1H3,(H2,22,23,26)/t19-/m0/s1. The average molecular weight is 367 g/mol. The molecular formula is C21H25N3O3. The highest BCUT2D eigenvalue weighted by molar-refractivity contribution is 6.01. The van der Waals surface area contributed by atoms with E-state index in [9.17, 15) is 9.59 Å². The number of hydrogen-bond donors (Lipinski definition) is 2. The van der Waals surface area contributed by atoms with E-state index in [4.69, 9.17) is 4.74 Å². The van der Waals surface area contributed by atoms with E-state index in [0.29, 0.717) is 18.7 Å². The normalized spacial score (nSPS) is 22.2. The van der Waals surface area contributed by atoms with Gasteiger partial charge >= 0.3 is 6.03 Å². The second kappa shape index (κ2) is 7.47. The summed E-state index contributed by atoms with van der Waals surface area (Å²) in [7, 11) is 1.61. The van der Waals surface area contributed by atoms with Crippen LogP contribution in [0.15, 0.2) is 47.2 Å². The number of nitrogens with zero attached hydrogens (tertiary/aromatic N) is 1. The van der Waals surface area contributed by atoms with Gasteiger partial charge in [0.15, 0.2) is 0 Å². The van der Waals surface area contributed by atoms with Crippen molar-refractivity contribution in [1.82, 2.24) is 15.5 Å². The van der Waals surface area contributed by atoms with Crippen LogP contribution in [0.2, 0.25) is 0 Å². The fourth-order valence-electron chi connectivity index (χ4n) is 4.07. The molecule has 1 aromatic rings. The molecule has 2 heterocycles. The van der Waals surface area contributed by atoms with Gasteiger partial charge in [0.05, 0.1) is 31.0 Å². The first-order valence-electron chi connectivity index (χ1n) is 9.57. The summed E-state index contributed by atoms with van der Waals surface area (Å²) in [5, 5.41) is 5.72. The van der Waals surface area contributed by atoms with E-state index >= 15 is 0 Å². The van der Waals surface area contributed by atoms with Gasteiger partial charge in [-0.1, -0.05) is 23.8 Å². The van der Waals surface area contributed by atoms with Gasteiger partial charge in [-0.3, -0.25) is 4.79 Å². The average Bonchev–Trinajstić information content (AvgIpc) is 3.02. The molecule has 3 amide bonds. The van der Waals surface area contributed by atoms with Gasteiger partial charge in [-0.05, 0) is 49.8 Å². The highest BCUT2D eigenvalue weighted by Gasteiger charge is 2.40. The number of carbonyl (C=O) groups is 2. The Morgan fingerprint density at radius 1 is 1.19 bits per heavy atom. The lowest BCUT2D eigenvalue weighted by atomic mass is 9.96. The molecule has 1 atom stereocenters. The Labute approximate surface area is 159 Å². The van der Waals surface area contributed by atoms with Crippen molar-refractivity contribution in [2.45, 2.75) is 38.1 Å². The molecule has 0 fully saturated rings. The predicted molar refractivity (Wildman–Crippen MR) is 102 cm³/mol. The molecule has 0 saturated heterocycles. The number of benzene rings is 1. The van der Waals surface area contributed by atoms with Gasteiger partial charge in [0.1, 0.15) is 5.75 Å². The fraction of sp³-hybridized carbons (Fsp3) is 0.429. The Morgan fingerprint density at radius 2 is 2.00 bits per heavy atom. The van der Waals surface area contributed by atoms with E-state index in [0.717, 1.165) is 36.3 Å². The van der Waals surface area contributed by atoms with Crippen molar-refractivity contribution >= 4 is 11.9 Å². The summed E-state index contributed by atoms with van der Waals surface area (Å²) < 4.78 is 5.20. The molecule has 0 spiro atoms. The lowest BCUT2D eigenvalue weighted by Crippen LogP contribution is -2.44. The van der Waals surface area contributed by atoms with Gasteiger partial charge in [-0.25, -0.2) is 4.79 Å². The zero-order chi connectivity index (χ0) is 18.8. The Balaban J connectivity index is 1.51. The Hall–Kier alpha value is -2.76. The summed E-state index contributed by atoms with van der Waals surface area (Å²) in [5.74, 6) is 0.753. The number of nitrogens with one attached hydrogen (secondary N) is 2. The number of amides is 3. The molecule has 142 valence electrons. The number of carbonyl (C=O) groups excluding carboxylic acids is 2. The molecule has 4 rings (SSSR count). The summed E-state index contributed by atoms with van der Waals surface area (Å²) in [5.41, 5.74) is 3.70. The Kier molecular flexibility index (Phi) is 4.88. The van der Waals surface area contributed by atoms with Crippen LogP contribution in [0.25, 0.3) is 0 Å². The summed E-state index contributed by atoms with van der Waals surface area (Å²) in [6, 6.07) is 6.78. The summed E-state index contributed by atoms with van der Waals surface area (Å²) >= 11 is 0. The SMILES string of the molecule is COc1ccc([C@@H]2NC(=O)NC3=C2C(=O)N(CCC2=CCCCC2)C3)cc1. The van der Waals surface area contributed by atoms with E-state index in [2.05, 4.69) is 16.7 Å². The topological polar surface area (TPSA) is 70.7 Å². The molecular weight excluding hydrogens is 342 g/mol. The maximum Gasteiger partial charge on any atom is 0.319 e. The lowest BCUT2D eigenvalue weighted by molar-refractivity contribution is -0.125. The first-order valence-corrected chi connectivity index (χ1v) is 9.57. The van der Waals surface area contributed by atoms with E-state index in [-0.39, 0.29) is 11.9 Å². The summed E-state index contributed by atoms with van der Waals surface area (Å²) in [6.45, 7) is 1.17. The minimum atomic E-state index is -0.425.